The Bertz CT molecular complexity index is 324. The van der Waals surface area contributed by atoms with Crippen molar-refractivity contribution in [1.82, 2.24) is 10.3 Å². The van der Waals surface area contributed by atoms with Crippen molar-refractivity contribution in [2.24, 2.45) is 5.92 Å². The lowest BCUT2D eigenvalue weighted by Crippen LogP contribution is -2.10. The monoisotopic (exact) mass is 208 g/mol. The van der Waals surface area contributed by atoms with Crippen LogP contribution in [0.4, 0.5) is 0 Å². The molecule has 1 aromatic rings. The molecular formula is C12H20N2O. The zero-order valence-electron chi connectivity index (χ0n) is 9.84. The third-order valence-corrected chi connectivity index (χ3v) is 3.03. The normalized spacial score (nSPS) is 21.5. The first-order valence-electron chi connectivity index (χ1n) is 5.83. The summed E-state index contributed by atoms with van der Waals surface area (Å²) in [6, 6.07) is 0. The van der Waals surface area contributed by atoms with Crippen LogP contribution >= 0.6 is 0 Å². The van der Waals surface area contributed by atoms with Gasteiger partial charge in [0, 0.05) is 12.3 Å². The first-order valence-corrected chi connectivity index (χ1v) is 5.83. The van der Waals surface area contributed by atoms with Gasteiger partial charge in [-0.2, -0.15) is 0 Å². The molecule has 1 atom stereocenters. The van der Waals surface area contributed by atoms with Gasteiger partial charge in [0.1, 0.15) is 5.76 Å². The Morgan fingerprint density at radius 2 is 2.33 bits per heavy atom. The molecule has 2 rings (SSSR count). The fraction of sp³-hybridized carbons (Fsp3) is 0.750. The SMILES string of the molecule is Cc1nc(CC2CCNC2)oc1C(C)C. The van der Waals surface area contributed by atoms with Crippen LogP contribution in [0.1, 0.15) is 43.5 Å². The fourth-order valence-electron chi connectivity index (χ4n) is 2.22. The average molecular weight is 208 g/mol. The molecule has 0 radical (unpaired) electrons. The highest BCUT2D eigenvalue weighted by Crippen LogP contribution is 2.22. The average Bonchev–Trinajstić information content (AvgIpc) is 2.75. The van der Waals surface area contributed by atoms with E-state index in [1.165, 1.54) is 6.42 Å². The Balaban J connectivity index is 2.05. The van der Waals surface area contributed by atoms with E-state index >= 15 is 0 Å². The highest BCUT2D eigenvalue weighted by molar-refractivity contribution is 5.11. The largest absolute Gasteiger partial charge is 0.445 e. The third-order valence-electron chi connectivity index (χ3n) is 3.03. The van der Waals surface area contributed by atoms with Gasteiger partial charge in [-0.05, 0) is 32.4 Å². The van der Waals surface area contributed by atoms with Gasteiger partial charge in [-0.3, -0.25) is 0 Å². The topological polar surface area (TPSA) is 38.1 Å². The zero-order valence-corrected chi connectivity index (χ0v) is 9.84. The fourth-order valence-corrected chi connectivity index (χ4v) is 2.22. The van der Waals surface area contributed by atoms with Gasteiger partial charge >= 0.3 is 0 Å². The molecule has 1 fully saturated rings. The molecule has 0 aliphatic carbocycles. The van der Waals surface area contributed by atoms with Crippen LogP contribution in [-0.2, 0) is 6.42 Å². The van der Waals surface area contributed by atoms with E-state index in [0.29, 0.717) is 11.8 Å². The van der Waals surface area contributed by atoms with Crippen molar-refractivity contribution >= 4 is 0 Å². The molecule has 1 N–H and O–H groups in total. The lowest BCUT2D eigenvalue weighted by molar-refractivity contribution is 0.407. The van der Waals surface area contributed by atoms with E-state index in [-0.39, 0.29) is 0 Å². The predicted octanol–water partition coefficient (Wildman–Crippen LogP) is 2.26. The Hall–Kier alpha value is -0.830. The first-order chi connectivity index (χ1) is 7.16. The summed E-state index contributed by atoms with van der Waals surface area (Å²) in [5.74, 6) is 3.12. The van der Waals surface area contributed by atoms with Gasteiger partial charge in [0.2, 0.25) is 0 Å². The van der Waals surface area contributed by atoms with Gasteiger partial charge in [-0.15, -0.1) is 0 Å². The minimum absolute atomic E-state index is 0.438. The van der Waals surface area contributed by atoms with Gasteiger partial charge in [-0.1, -0.05) is 13.8 Å². The quantitative estimate of drug-likeness (QED) is 0.828. The molecule has 2 heterocycles. The van der Waals surface area contributed by atoms with E-state index in [2.05, 4.69) is 24.1 Å². The molecule has 0 spiro atoms. The van der Waals surface area contributed by atoms with Gasteiger partial charge < -0.3 is 9.73 Å². The number of aromatic nitrogens is 1. The Labute approximate surface area is 91.3 Å². The molecule has 1 aliphatic rings. The third kappa shape index (κ3) is 2.40. The molecule has 0 saturated carbocycles. The number of nitrogens with one attached hydrogen (secondary N) is 1. The maximum atomic E-state index is 5.80. The van der Waals surface area contributed by atoms with Crippen molar-refractivity contribution in [2.75, 3.05) is 13.1 Å². The first kappa shape index (κ1) is 10.7. The second kappa shape index (κ2) is 4.35. The summed E-state index contributed by atoms with van der Waals surface area (Å²) in [4.78, 5) is 4.50. The number of hydrogen-bond donors (Lipinski definition) is 1. The molecule has 0 amide bonds. The summed E-state index contributed by atoms with van der Waals surface area (Å²) in [7, 11) is 0. The second-order valence-electron chi connectivity index (χ2n) is 4.77. The lowest BCUT2D eigenvalue weighted by Gasteiger charge is -2.03. The van der Waals surface area contributed by atoms with Gasteiger partial charge in [0.05, 0.1) is 5.69 Å². The molecule has 1 unspecified atom stereocenters. The van der Waals surface area contributed by atoms with Crippen LogP contribution < -0.4 is 5.32 Å². The smallest absolute Gasteiger partial charge is 0.194 e. The van der Waals surface area contributed by atoms with Crippen LogP contribution in [0.5, 0.6) is 0 Å². The van der Waals surface area contributed by atoms with Crippen molar-refractivity contribution in [3.8, 4) is 0 Å². The van der Waals surface area contributed by atoms with Gasteiger partial charge in [-0.25, -0.2) is 4.98 Å². The zero-order chi connectivity index (χ0) is 10.8. The number of oxazole rings is 1. The minimum atomic E-state index is 0.438. The van der Waals surface area contributed by atoms with Crippen LogP contribution in [0.2, 0.25) is 0 Å². The van der Waals surface area contributed by atoms with E-state index < -0.39 is 0 Å². The number of hydrogen-bond acceptors (Lipinski definition) is 3. The standard InChI is InChI=1S/C12H20N2O/c1-8(2)12-9(3)14-11(15-12)6-10-4-5-13-7-10/h8,10,13H,4-7H2,1-3H3. The van der Waals surface area contributed by atoms with E-state index in [1.807, 2.05) is 6.92 Å². The second-order valence-corrected chi connectivity index (χ2v) is 4.77. The number of nitrogens with zero attached hydrogens (tertiary/aromatic N) is 1. The molecule has 1 aromatic heterocycles. The molecule has 15 heavy (non-hydrogen) atoms. The van der Waals surface area contributed by atoms with E-state index in [9.17, 15) is 0 Å². The van der Waals surface area contributed by atoms with Crippen molar-refractivity contribution in [1.29, 1.82) is 0 Å². The van der Waals surface area contributed by atoms with Gasteiger partial charge in [0.15, 0.2) is 5.89 Å². The Morgan fingerprint density at radius 3 is 2.87 bits per heavy atom. The molecule has 0 aromatic carbocycles. The number of rotatable bonds is 3. The summed E-state index contributed by atoms with van der Waals surface area (Å²) in [5, 5.41) is 3.37. The molecule has 3 heteroatoms. The summed E-state index contributed by atoms with van der Waals surface area (Å²) < 4.78 is 5.80. The van der Waals surface area contributed by atoms with Crippen LogP contribution in [0.25, 0.3) is 0 Å². The molecule has 0 bridgehead atoms. The highest BCUT2D eigenvalue weighted by atomic mass is 16.4. The maximum absolute atomic E-state index is 5.80. The molecule has 84 valence electrons. The number of aryl methyl sites for hydroxylation is 1. The van der Waals surface area contributed by atoms with Crippen molar-refractivity contribution in [2.45, 2.75) is 39.5 Å². The van der Waals surface area contributed by atoms with Crippen LogP contribution in [-0.4, -0.2) is 18.1 Å². The summed E-state index contributed by atoms with van der Waals surface area (Å²) in [5.41, 5.74) is 1.06. The predicted molar refractivity (Wildman–Crippen MR) is 60.0 cm³/mol. The van der Waals surface area contributed by atoms with Gasteiger partial charge in [0.25, 0.3) is 0 Å². The molecular weight excluding hydrogens is 188 g/mol. The lowest BCUT2D eigenvalue weighted by atomic mass is 10.1. The molecule has 3 nitrogen and oxygen atoms in total. The summed E-state index contributed by atoms with van der Waals surface area (Å²) >= 11 is 0. The minimum Gasteiger partial charge on any atom is -0.445 e. The van der Waals surface area contributed by atoms with Crippen LogP contribution in [0, 0.1) is 12.8 Å². The Kier molecular flexibility index (Phi) is 3.10. The van der Waals surface area contributed by atoms with E-state index in [1.54, 1.807) is 0 Å². The van der Waals surface area contributed by atoms with Crippen LogP contribution in [0.15, 0.2) is 4.42 Å². The van der Waals surface area contributed by atoms with Crippen molar-refractivity contribution in [3.63, 3.8) is 0 Å². The van der Waals surface area contributed by atoms with Crippen molar-refractivity contribution < 1.29 is 4.42 Å². The maximum Gasteiger partial charge on any atom is 0.194 e. The Morgan fingerprint density at radius 1 is 1.53 bits per heavy atom. The van der Waals surface area contributed by atoms with Crippen molar-refractivity contribution in [3.05, 3.63) is 17.3 Å². The van der Waals surface area contributed by atoms with E-state index in [0.717, 1.165) is 36.9 Å². The molecule has 1 saturated heterocycles. The van der Waals surface area contributed by atoms with Crippen LogP contribution in [0.3, 0.4) is 0 Å². The van der Waals surface area contributed by atoms with E-state index in [4.69, 9.17) is 4.42 Å². The highest BCUT2D eigenvalue weighted by Gasteiger charge is 2.19. The summed E-state index contributed by atoms with van der Waals surface area (Å²) in [6.07, 6.45) is 2.24. The summed E-state index contributed by atoms with van der Waals surface area (Å²) in [6.45, 7) is 8.58. The molecule has 1 aliphatic heterocycles.